The Bertz CT molecular complexity index is 478. The van der Waals surface area contributed by atoms with Gasteiger partial charge in [0.05, 0.1) is 0 Å². The van der Waals surface area contributed by atoms with Crippen LogP contribution in [0.25, 0.3) is 0 Å². The van der Waals surface area contributed by atoms with Crippen LogP contribution in [0, 0.1) is 5.41 Å². The number of hydrogen-bond donors (Lipinski definition) is 1. The van der Waals surface area contributed by atoms with E-state index in [0.29, 0.717) is 6.42 Å². The second-order valence-corrected chi connectivity index (χ2v) is 5.39. The molecule has 1 aliphatic rings. The number of carbonyl (C=O) groups is 2. The van der Waals surface area contributed by atoms with Crippen molar-refractivity contribution in [3.8, 4) is 0 Å². The highest BCUT2D eigenvalue weighted by Crippen LogP contribution is 2.26. The molecule has 1 N–H and O–H groups in total. The molecule has 4 nitrogen and oxygen atoms in total. The molecular weight excluding hydrogens is 260 g/mol. The molecule has 1 rings (SSSR count). The first kappa shape index (κ1) is 15.3. The van der Waals surface area contributed by atoms with Crippen molar-refractivity contribution in [3.05, 3.63) is 37.0 Å². The van der Waals surface area contributed by atoms with E-state index in [9.17, 15) is 9.59 Å². The molecular formula is C14H18N2O2S. The minimum absolute atomic E-state index is 0.113. The lowest BCUT2D eigenvalue weighted by Crippen LogP contribution is -2.54. The third kappa shape index (κ3) is 3.61. The highest BCUT2D eigenvalue weighted by atomic mass is 32.1. The third-order valence-corrected chi connectivity index (χ3v) is 3.03. The number of thiocarbonyl (C=S) groups is 1. The Balaban J connectivity index is 3.11. The Morgan fingerprint density at radius 2 is 1.95 bits per heavy atom. The average Bonchev–Trinajstić information content (AvgIpc) is 2.30. The Hall–Kier alpha value is -1.75. The fourth-order valence-corrected chi connectivity index (χ4v) is 2.06. The van der Waals surface area contributed by atoms with E-state index in [1.165, 1.54) is 4.90 Å². The maximum atomic E-state index is 12.3. The van der Waals surface area contributed by atoms with Crippen molar-refractivity contribution in [1.29, 1.82) is 0 Å². The van der Waals surface area contributed by atoms with Crippen molar-refractivity contribution >= 4 is 29.1 Å². The van der Waals surface area contributed by atoms with Gasteiger partial charge in [-0.25, -0.2) is 0 Å². The van der Waals surface area contributed by atoms with Gasteiger partial charge >= 0.3 is 0 Å². The van der Waals surface area contributed by atoms with Crippen LogP contribution in [0.4, 0.5) is 0 Å². The fraction of sp³-hybridized carbons (Fsp3) is 0.357. The summed E-state index contributed by atoms with van der Waals surface area (Å²) in [6.07, 6.45) is 5.66. The molecule has 0 aromatic carbocycles. The quantitative estimate of drug-likeness (QED) is 0.362. The molecule has 5 heteroatoms. The van der Waals surface area contributed by atoms with Crippen molar-refractivity contribution in [3.63, 3.8) is 0 Å². The van der Waals surface area contributed by atoms with Crippen molar-refractivity contribution in [2.45, 2.75) is 20.3 Å². The Labute approximate surface area is 118 Å². The number of nitrogens with zero attached hydrogens (tertiary/aromatic N) is 1. The van der Waals surface area contributed by atoms with E-state index in [-0.39, 0.29) is 28.6 Å². The lowest BCUT2D eigenvalue weighted by Gasteiger charge is -2.29. The van der Waals surface area contributed by atoms with Gasteiger partial charge in [-0.05, 0) is 24.1 Å². The van der Waals surface area contributed by atoms with Gasteiger partial charge in [0.15, 0.2) is 5.11 Å². The highest BCUT2D eigenvalue weighted by Gasteiger charge is 2.34. The summed E-state index contributed by atoms with van der Waals surface area (Å²) in [6, 6.07) is 0. The molecule has 0 aromatic rings. The lowest BCUT2D eigenvalue weighted by molar-refractivity contribution is -0.128. The van der Waals surface area contributed by atoms with E-state index >= 15 is 0 Å². The second-order valence-electron chi connectivity index (χ2n) is 5.00. The maximum Gasteiger partial charge on any atom is 0.265 e. The Morgan fingerprint density at radius 3 is 2.47 bits per heavy atom. The summed E-state index contributed by atoms with van der Waals surface area (Å²) < 4.78 is 0. The first-order valence-electron chi connectivity index (χ1n) is 5.94. The molecule has 1 saturated heterocycles. The molecule has 19 heavy (non-hydrogen) atoms. The molecule has 1 aliphatic heterocycles. The molecule has 102 valence electrons. The molecule has 0 spiro atoms. The van der Waals surface area contributed by atoms with E-state index in [0.717, 1.165) is 0 Å². The number of amides is 2. The molecule has 0 bridgehead atoms. The number of allylic oxidation sites excluding steroid dienone is 2. The SMILES string of the molecule is C=CCN1C(=O)/C(=C/C(C)(C)CC=C)C(=O)NC1=S. The smallest absolute Gasteiger partial charge is 0.265 e. The fourth-order valence-electron chi connectivity index (χ4n) is 1.81. The van der Waals surface area contributed by atoms with Gasteiger partial charge in [0.2, 0.25) is 0 Å². The van der Waals surface area contributed by atoms with Gasteiger partial charge in [-0.2, -0.15) is 0 Å². The molecule has 2 amide bonds. The minimum atomic E-state index is -0.451. The second kappa shape index (κ2) is 5.93. The van der Waals surface area contributed by atoms with E-state index < -0.39 is 5.91 Å². The minimum Gasteiger partial charge on any atom is -0.298 e. The van der Waals surface area contributed by atoms with Crippen LogP contribution in [0.3, 0.4) is 0 Å². The van der Waals surface area contributed by atoms with Crippen LogP contribution < -0.4 is 5.32 Å². The molecule has 1 fully saturated rings. The van der Waals surface area contributed by atoms with Crippen LogP contribution >= 0.6 is 12.2 Å². The van der Waals surface area contributed by atoms with Gasteiger partial charge in [0, 0.05) is 6.54 Å². The van der Waals surface area contributed by atoms with Crippen LogP contribution in [0.5, 0.6) is 0 Å². The molecule has 0 unspecified atom stereocenters. The van der Waals surface area contributed by atoms with E-state index in [1.54, 1.807) is 18.2 Å². The first-order chi connectivity index (χ1) is 8.82. The van der Waals surface area contributed by atoms with E-state index in [2.05, 4.69) is 18.5 Å². The van der Waals surface area contributed by atoms with Crippen LogP contribution in [0.2, 0.25) is 0 Å². The van der Waals surface area contributed by atoms with E-state index in [1.807, 2.05) is 13.8 Å². The van der Waals surface area contributed by atoms with Gasteiger partial charge in [0.25, 0.3) is 11.8 Å². The summed E-state index contributed by atoms with van der Waals surface area (Å²) in [7, 11) is 0. The normalized spacial score (nSPS) is 18.5. The van der Waals surface area contributed by atoms with Gasteiger partial charge in [-0.15, -0.1) is 13.2 Å². The number of rotatable bonds is 5. The first-order valence-corrected chi connectivity index (χ1v) is 6.35. The largest absolute Gasteiger partial charge is 0.298 e. The number of nitrogens with one attached hydrogen (secondary N) is 1. The number of hydrogen-bond acceptors (Lipinski definition) is 3. The molecule has 0 saturated carbocycles. The Kier molecular flexibility index (Phi) is 4.78. The van der Waals surface area contributed by atoms with Crippen LogP contribution in [0.1, 0.15) is 20.3 Å². The zero-order valence-corrected chi connectivity index (χ0v) is 12.0. The predicted molar refractivity (Wildman–Crippen MR) is 79.3 cm³/mol. The van der Waals surface area contributed by atoms with Crippen molar-refractivity contribution in [2.24, 2.45) is 5.41 Å². The summed E-state index contributed by atoms with van der Waals surface area (Å²) in [6.45, 7) is 11.4. The summed E-state index contributed by atoms with van der Waals surface area (Å²) >= 11 is 4.97. The predicted octanol–water partition coefficient (Wildman–Crippen LogP) is 1.94. The van der Waals surface area contributed by atoms with Crippen LogP contribution in [0.15, 0.2) is 37.0 Å². The average molecular weight is 278 g/mol. The molecule has 0 radical (unpaired) electrons. The molecule has 0 atom stereocenters. The number of carbonyl (C=O) groups excluding carboxylic acids is 2. The van der Waals surface area contributed by atoms with Crippen LogP contribution in [-0.2, 0) is 9.59 Å². The van der Waals surface area contributed by atoms with Gasteiger partial charge < -0.3 is 0 Å². The molecule has 0 aliphatic carbocycles. The van der Waals surface area contributed by atoms with Crippen molar-refractivity contribution in [2.75, 3.05) is 6.54 Å². The topological polar surface area (TPSA) is 49.4 Å². The summed E-state index contributed by atoms with van der Waals surface area (Å²) in [5, 5.41) is 2.63. The van der Waals surface area contributed by atoms with Crippen molar-refractivity contribution in [1.82, 2.24) is 10.2 Å². The van der Waals surface area contributed by atoms with Crippen molar-refractivity contribution < 1.29 is 9.59 Å². The molecule has 1 heterocycles. The summed E-state index contributed by atoms with van der Waals surface area (Å²) in [5.41, 5.74) is -0.203. The third-order valence-electron chi connectivity index (χ3n) is 2.70. The lowest BCUT2D eigenvalue weighted by atomic mass is 9.86. The van der Waals surface area contributed by atoms with Gasteiger partial charge in [-0.1, -0.05) is 32.1 Å². The monoisotopic (exact) mass is 278 g/mol. The summed E-state index contributed by atoms with van der Waals surface area (Å²) in [5.74, 6) is -0.835. The molecule has 0 aromatic heterocycles. The zero-order valence-electron chi connectivity index (χ0n) is 11.2. The van der Waals surface area contributed by atoms with E-state index in [4.69, 9.17) is 12.2 Å². The highest BCUT2D eigenvalue weighted by molar-refractivity contribution is 7.80. The zero-order chi connectivity index (χ0) is 14.6. The standard InChI is InChI=1S/C14H18N2O2S/c1-5-7-14(3,4)9-10-11(17)15-13(19)16(8-6-2)12(10)18/h5-6,9H,1-2,7-8H2,3-4H3,(H,15,17,19)/b10-9+. The maximum absolute atomic E-state index is 12.3. The van der Waals surface area contributed by atoms with Gasteiger partial charge in [0.1, 0.15) is 5.57 Å². The van der Waals surface area contributed by atoms with Gasteiger partial charge in [-0.3, -0.25) is 19.8 Å². The Morgan fingerprint density at radius 1 is 1.32 bits per heavy atom. The summed E-state index contributed by atoms with van der Waals surface area (Å²) in [4.78, 5) is 25.5. The van der Waals surface area contributed by atoms with Crippen LogP contribution in [-0.4, -0.2) is 28.4 Å².